The summed E-state index contributed by atoms with van der Waals surface area (Å²) in [5.41, 5.74) is 3.52. The van der Waals surface area contributed by atoms with E-state index >= 15 is 0 Å². The topological polar surface area (TPSA) is 77.2 Å². The first-order chi connectivity index (χ1) is 12.7. The first-order valence-corrected chi connectivity index (χ1v) is 8.63. The smallest absolute Gasteiger partial charge is 0.253 e. The predicted molar refractivity (Wildman–Crippen MR) is 97.5 cm³/mol. The van der Waals surface area contributed by atoms with Crippen LogP contribution in [-0.2, 0) is 9.53 Å². The van der Waals surface area contributed by atoms with Crippen LogP contribution in [0.25, 0.3) is 22.9 Å². The Balaban J connectivity index is 1.49. The summed E-state index contributed by atoms with van der Waals surface area (Å²) in [6.45, 7) is 2.65. The molecule has 0 saturated carbocycles. The summed E-state index contributed by atoms with van der Waals surface area (Å²) in [5.74, 6) is 0.837. The van der Waals surface area contributed by atoms with Crippen LogP contribution in [0.1, 0.15) is 18.4 Å². The van der Waals surface area contributed by atoms with Crippen LogP contribution in [0, 0.1) is 6.92 Å². The number of anilines is 1. The van der Waals surface area contributed by atoms with Crippen molar-refractivity contribution in [3.63, 3.8) is 0 Å². The fourth-order valence-corrected chi connectivity index (χ4v) is 2.96. The van der Waals surface area contributed by atoms with Gasteiger partial charge in [0.05, 0.1) is 0 Å². The third-order valence-electron chi connectivity index (χ3n) is 4.42. The second-order valence-electron chi connectivity index (χ2n) is 6.30. The summed E-state index contributed by atoms with van der Waals surface area (Å²) in [6, 6.07) is 15.2. The Morgan fingerprint density at radius 3 is 2.58 bits per heavy atom. The van der Waals surface area contributed by atoms with Crippen LogP contribution in [0.2, 0.25) is 0 Å². The van der Waals surface area contributed by atoms with Crippen molar-refractivity contribution in [1.82, 2.24) is 10.2 Å². The van der Waals surface area contributed by atoms with Crippen molar-refractivity contribution in [3.8, 4) is 22.9 Å². The molecule has 1 N–H and O–H groups in total. The Morgan fingerprint density at radius 1 is 1.08 bits per heavy atom. The molecule has 0 spiro atoms. The molecule has 132 valence electrons. The van der Waals surface area contributed by atoms with E-state index in [2.05, 4.69) is 15.5 Å². The predicted octanol–water partition coefficient (Wildman–Crippen LogP) is 3.83. The number of aromatic nitrogens is 2. The van der Waals surface area contributed by atoms with Gasteiger partial charge in [-0.25, -0.2) is 0 Å². The Bertz CT molecular complexity index is 912. The van der Waals surface area contributed by atoms with E-state index < -0.39 is 0 Å². The van der Waals surface area contributed by atoms with Crippen molar-refractivity contribution in [2.45, 2.75) is 25.9 Å². The normalized spacial score (nSPS) is 16.6. The molecular formula is C20H19N3O3. The van der Waals surface area contributed by atoms with Gasteiger partial charge in [-0.3, -0.25) is 4.79 Å². The number of carbonyl (C=O) groups is 1. The first kappa shape index (κ1) is 16.5. The third-order valence-corrected chi connectivity index (χ3v) is 4.42. The monoisotopic (exact) mass is 349 g/mol. The second kappa shape index (κ2) is 7.09. The standard InChI is InChI=1S/C20H19N3O3/c1-13-5-2-3-6-16(13)20-23-22-19(26-20)14-8-10-15(11-9-14)21-18(24)17-7-4-12-25-17/h2-3,5-6,8-11,17H,4,7,12H2,1H3,(H,21,24). The Labute approximate surface area is 151 Å². The SMILES string of the molecule is Cc1ccccc1-c1nnc(-c2ccc(NC(=O)C3CCCO3)cc2)o1. The lowest BCUT2D eigenvalue weighted by atomic mass is 10.1. The molecule has 1 fully saturated rings. The maximum atomic E-state index is 12.1. The van der Waals surface area contributed by atoms with Crippen LogP contribution in [0.4, 0.5) is 5.69 Å². The molecule has 1 saturated heterocycles. The van der Waals surface area contributed by atoms with Crippen molar-refractivity contribution < 1.29 is 13.9 Å². The molecule has 0 radical (unpaired) electrons. The zero-order chi connectivity index (χ0) is 17.9. The van der Waals surface area contributed by atoms with E-state index in [4.69, 9.17) is 9.15 Å². The fraction of sp³-hybridized carbons (Fsp3) is 0.250. The molecule has 2 aromatic carbocycles. The molecule has 4 rings (SSSR count). The number of benzene rings is 2. The molecule has 1 aliphatic rings. The van der Waals surface area contributed by atoms with Gasteiger partial charge in [0.15, 0.2) is 0 Å². The van der Waals surface area contributed by atoms with E-state index in [1.54, 1.807) is 0 Å². The Morgan fingerprint density at radius 2 is 1.85 bits per heavy atom. The van der Waals surface area contributed by atoms with Crippen LogP contribution in [0.5, 0.6) is 0 Å². The van der Waals surface area contributed by atoms with Crippen molar-refractivity contribution in [2.24, 2.45) is 0 Å². The lowest BCUT2D eigenvalue weighted by molar-refractivity contribution is -0.124. The quantitative estimate of drug-likeness (QED) is 0.774. The van der Waals surface area contributed by atoms with Gasteiger partial charge in [-0.05, 0) is 55.7 Å². The molecule has 0 aliphatic carbocycles. The number of amides is 1. The minimum atomic E-state index is -0.345. The average Bonchev–Trinajstić information content (AvgIpc) is 3.35. The molecule has 1 amide bonds. The van der Waals surface area contributed by atoms with Gasteiger partial charge in [-0.1, -0.05) is 18.2 Å². The highest BCUT2D eigenvalue weighted by molar-refractivity contribution is 5.94. The van der Waals surface area contributed by atoms with Crippen LogP contribution >= 0.6 is 0 Å². The van der Waals surface area contributed by atoms with Gasteiger partial charge in [0.25, 0.3) is 5.91 Å². The van der Waals surface area contributed by atoms with E-state index in [1.165, 1.54) is 0 Å². The number of aryl methyl sites for hydroxylation is 1. The van der Waals surface area contributed by atoms with Crippen LogP contribution < -0.4 is 5.32 Å². The van der Waals surface area contributed by atoms with Crippen LogP contribution in [0.3, 0.4) is 0 Å². The van der Waals surface area contributed by atoms with E-state index in [0.29, 0.717) is 24.1 Å². The van der Waals surface area contributed by atoms with E-state index in [0.717, 1.165) is 29.5 Å². The third kappa shape index (κ3) is 3.36. The van der Waals surface area contributed by atoms with E-state index in [1.807, 2.05) is 55.5 Å². The number of rotatable bonds is 4. The van der Waals surface area contributed by atoms with Crippen LogP contribution in [0.15, 0.2) is 52.9 Å². The first-order valence-electron chi connectivity index (χ1n) is 8.63. The molecule has 6 heteroatoms. The number of ether oxygens (including phenoxy) is 1. The van der Waals surface area contributed by atoms with Crippen molar-refractivity contribution in [3.05, 3.63) is 54.1 Å². The molecular weight excluding hydrogens is 330 g/mol. The average molecular weight is 349 g/mol. The minimum Gasteiger partial charge on any atom is -0.416 e. The molecule has 26 heavy (non-hydrogen) atoms. The van der Waals surface area contributed by atoms with Crippen LogP contribution in [-0.4, -0.2) is 28.8 Å². The number of hydrogen-bond acceptors (Lipinski definition) is 5. The van der Waals surface area contributed by atoms with Gasteiger partial charge in [-0.2, -0.15) is 0 Å². The summed E-state index contributed by atoms with van der Waals surface area (Å²) >= 11 is 0. The van der Waals surface area contributed by atoms with Gasteiger partial charge in [-0.15, -0.1) is 10.2 Å². The lowest BCUT2D eigenvalue weighted by Gasteiger charge is -2.10. The summed E-state index contributed by atoms with van der Waals surface area (Å²) in [4.78, 5) is 12.1. The summed E-state index contributed by atoms with van der Waals surface area (Å²) in [6.07, 6.45) is 1.35. The van der Waals surface area contributed by atoms with Crippen molar-refractivity contribution in [2.75, 3.05) is 11.9 Å². The number of nitrogens with zero attached hydrogens (tertiary/aromatic N) is 2. The highest BCUT2D eigenvalue weighted by Gasteiger charge is 2.23. The Kier molecular flexibility index (Phi) is 4.50. The molecule has 6 nitrogen and oxygen atoms in total. The number of carbonyl (C=O) groups excluding carboxylic acids is 1. The largest absolute Gasteiger partial charge is 0.416 e. The van der Waals surface area contributed by atoms with Gasteiger partial charge in [0.2, 0.25) is 11.8 Å². The number of nitrogens with one attached hydrogen (secondary N) is 1. The molecule has 1 aromatic heterocycles. The molecule has 1 atom stereocenters. The van der Waals surface area contributed by atoms with Gasteiger partial charge >= 0.3 is 0 Å². The molecule has 1 unspecified atom stereocenters. The lowest BCUT2D eigenvalue weighted by Crippen LogP contribution is -2.26. The maximum Gasteiger partial charge on any atom is 0.253 e. The molecule has 3 aromatic rings. The van der Waals surface area contributed by atoms with Crippen molar-refractivity contribution in [1.29, 1.82) is 0 Å². The summed E-state index contributed by atoms with van der Waals surface area (Å²) < 4.78 is 11.2. The maximum absolute atomic E-state index is 12.1. The number of hydrogen-bond donors (Lipinski definition) is 1. The van der Waals surface area contributed by atoms with Gasteiger partial charge in [0, 0.05) is 23.4 Å². The second-order valence-corrected chi connectivity index (χ2v) is 6.30. The van der Waals surface area contributed by atoms with Gasteiger partial charge < -0.3 is 14.5 Å². The highest BCUT2D eigenvalue weighted by atomic mass is 16.5. The zero-order valence-corrected chi connectivity index (χ0v) is 14.4. The highest BCUT2D eigenvalue weighted by Crippen LogP contribution is 2.27. The van der Waals surface area contributed by atoms with E-state index in [-0.39, 0.29) is 12.0 Å². The summed E-state index contributed by atoms with van der Waals surface area (Å²) in [5, 5.41) is 11.1. The van der Waals surface area contributed by atoms with Crippen molar-refractivity contribution >= 4 is 11.6 Å². The minimum absolute atomic E-state index is 0.102. The molecule has 1 aliphatic heterocycles. The molecule has 2 heterocycles. The molecule has 0 bridgehead atoms. The van der Waals surface area contributed by atoms with Gasteiger partial charge in [0.1, 0.15) is 6.10 Å². The zero-order valence-electron chi connectivity index (χ0n) is 14.4. The summed E-state index contributed by atoms with van der Waals surface area (Å²) in [7, 11) is 0. The fourth-order valence-electron chi connectivity index (χ4n) is 2.96. The van der Waals surface area contributed by atoms with E-state index in [9.17, 15) is 4.79 Å². The Hall–Kier alpha value is -2.99.